The van der Waals surface area contributed by atoms with Gasteiger partial charge in [0, 0.05) is 0 Å². The fourth-order valence-corrected chi connectivity index (χ4v) is 11.9. The molecule has 0 amide bonds. The molecule has 0 aromatic carbocycles. The number of allylic oxidation sites excluding steroid dienone is 2. The van der Waals surface area contributed by atoms with Crippen LogP contribution < -0.4 is 0 Å². The first kappa shape index (κ1) is 35.7. The molecule has 0 aromatic heterocycles. The maximum Gasteiger partial charge on any atom is 0.186 e. The Kier molecular flexibility index (Phi) is 9.56. The van der Waals surface area contributed by atoms with Gasteiger partial charge in [-0.05, 0) is 117 Å². The number of hydrogen-bond acceptors (Lipinski definition) is 9. The molecule has 0 radical (unpaired) electrons. The van der Waals surface area contributed by atoms with Crippen LogP contribution in [0.3, 0.4) is 0 Å². The van der Waals surface area contributed by atoms with Crippen molar-refractivity contribution in [3.8, 4) is 0 Å². The molecule has 16 atom stereocenters. The van der Waals surface area contributed by atoms with E-state index in [2.05, 4.69) is 54.5 Å². The summed E-state index contributed by atoms with van der Waals surface area (Å²) in [5, 5.41) is 77.2. The zero-order valence-corrected chi connectivity index (χ0v) is 28.8. The van der Waals surface area contributed by atoms with Gasteiger partial charge in [-0.2, -0.15) is 0 Å². The van der Waals surface area contributed by atoms with Crippen molar-refractivity contribution in [1.29, 1.82) is 0 Å². The lowest BCUT2D eigenvalue weighted by atomic mass is 9.34. The zero-order chi connectivity index (χ0) is 33.5. The molecule has 1 saturated heterocycles. The van der Waals surface area contributed by atoms with Crippen LogP contribution in [0.5, 0.6) is 0 Å². The third-order valence-corrected chi connectivity index (χ3v) is 14.4. The van der Waals surface area contributed by atoms with Gasteiger partial charge in [0.25, 0.3) is 0 Å². The first-order chi connectivity index (χ1) is 20.8. The maximum absolute atomic E-state index is 12.1. The highest BCUT2D eigenvalue weighted by Gasteiger charge is 2.73. The summed E-state index contributed by atoms with van der Waals surface area (Å²) in [4.78, 5) is 0. The third kappa shape index (κ3) is 5.48. The second kappa shape index (κ2) is 12.1. The van der Waals surface area contributed by atoms with Crippen LogP contribution in [-0.4, -0.2) is 97.0 Å². The first-order valence-electron chi connectivity index (χ1n) is 17.4. The highest BCUT2D eigenvalue weighted by Crippen LogP contribution is 2.76. The maximum atomic E-state index is 12.1. The molecule has 4 saturated carbocycles. The van der Waals surface area contributed by atoms with E-state index in [0.29, 0.717) is 25.7 Å². The average molecular weight is 639 g/mol. The van der Waals surface area contributed by atoms with E-state index in [4.69, 9.17) is 9.47 Å². The summed E-state index contributed by atoms with van der Waals surface area (Å²) in [6.45, 7) is 16.6. The van der Waals surface area contributed by atoms with Crippen LogP contribution in [0.15, 0.2) is 11.6 Å². The van der Waals surface area contributed by atoms with Crippen LogP contribution in [0.1, 0.15) is 107 Å². The normalized spacial score (nSPS) is 52.2. The summed E-state index contributed by atoms with van der Waals surface area (Å²) < 4.78 is 12.6. The predicted molar refractivity (Wildman–Crippen MR) is 170 cm³/mol. The van der Waals surface area contributed by atoms with E-state index in [1.165, 1.54) is 5.57 Å². The van der Waals surface area contributed by atoms with E-state index in [1.807, 2.05) is 6.92 Å². The van der Waals surface area contributed by atoms with Crippen molar-refractivity contribution < 1.29 is 45.2 Å². The van der Waals surface area contributed by atoms with E-state index in [9.17, 15) is 35.7 Å². The van der Waals surface area contributed by atoms with E-state index in [0.717, 1.165) is 25.7 Å². The molecule has 260 valence electrons. The van der Waals surface area contributed by atoms with Crippen molar-refractivity contribution in [1.82, 2.24) is 0 Å². The fourth-order valence-electron chi connectivity index (χ4n) is 11.9. The van der Waals surface area contributed by atoms with Gasteiger partial charge in [-0.1, -0.05) is 46.3 Å². The van der Waals surface area contributed by atoms with Gasteiger partial charge in [-0.25, -0.2) is 0 Å². The van der Waals surface area contributed by atoms with Gasteiger partial charge in [0.05, 0.1) is 30.5 Å². The average Bonchev–Trinajstić information content (AvgIpc) is 3.33. The minimum atomic E-state index is -1.54. The molecule has 7 N–H and O–H groups in total. The van der Waals surface area contributed by atoms with Crippen LogP contribution in [0.2, 0.25) is 0 Å². The minimum Gasteiger partial charge on any atom is -0.394 e. The van der Waals surface area contributed by atoms with E-state index < -0.39 is 66.6 Å². The van der Waals surface area contributed by atoms with Crippen LogP contribution >= 0.6 is 0 Å². The van der Waals surface area contributed by atoms with Gasteiger partial charge in [-0.3, -0.25) is 0 Å². The monoisotopic (exact) mass is 638 g/mol. The van der Waals surface area contributed by atoms with Crippen LogP contribution in [0.4, 0.5) is 0 Å². The van der Waals surface area contributed by atoms with Crippen molar-refractivity contribution in [2.75, 3.05) is 6.61 Å². The Hall–Kier alpha value is -0.620. The molecule has 2 unspecified atom stereocenters. The van der Waals surface area contributed by atoms with E-state index in [-0.39, 0.29) is 39.9 Å². The van der Waals surface area contributed by atoms with Gasteiger partial charge in [0.2, 0.25) is 0 Å². The van der Waals surface area contributed by atoms with Crippen molar-refractivity contribution in [2.24, 2.45) is 45.3 Å². The number of aliphatic hydroxyl groups is 7. The second-order valence-electron chi connectivity index (χ2n) is 17.5. The fraction of sp³-hybridized carbons (Fsp3) is 0.944. The Labute approximate surface area is 270 Å². The summed E-state index contributed by atoms with van der Waals surface area (Å²) in [5.74, 6) is -0.186. The number of rotatable bonds is 7. The summed E-state index contributed by atoms with van der Waals surface area (Å²) in [7, 11) is 0. The Balaban J connectivity index is 1.54. The molecule has 9 heteroatoms. The molecule has 4 aliphatic carbocycles. The van der Waals surface area contributed by atoms with Crippen LogP contribution in [0, 0.1) is 45.3 Å². The lowest BCUT2D eigenvalue weighted by Crippen LogP contribution is -2.71. The summed E-state index contributed by atoms with van der Waals surface area (Å²) in [6.07, 6.45) is -0.603. The van der Waals surface area contributed by atoms with Gasteiger partial charge in [0.1, 0.15) is 24.4 Å². The standard InChI is InChI=1S/C36H62O9/c1-19(2)10-9-13-36(8,43)20-11-15-34(6)26(20)21(38)16-24-33(5)14-12-25(39)32(3,4)30(33)22(17-35(24,34)7)44-31-29(42)28(41)27(40)23(18-37)45-31/h10,20-31,37-43H,9,11-18H2,1-8H3/t20-,21+,22-,23+,24?,25-,26?,27+,28-,29+,30-,31+,33+,34+,35+,36+/m0/s1. The van der Waals surface area contributed by atoms with Gasteiger partial charge >= 0.3 is 0 Å². The van der Waals surface area contributed by atoms with E-state index in [1.54, 1.807) is 0 Å². The topological polar surface area (TPSA) is 160 Å². The molecule has 1 aliphatic heterocycles. The lowest BCUT2D eigenvalue weighted by molar-refractivity contribution is -0.346. The quantitative estimate of drug-likeness (QED) is 0.164. The zero-order valence-electron chi connectivity index (χ0n) is 28.8. The van der Waals surface area contributed by atoms with Crippen molar-refractivity contribution in [3.63, 3.8) is 0 Å². The highest BCUT2D eigenvalue weighted by atomic mass is 16.7. The van der Waals surface area contributed by atoms with Crippen molar-refractivity contribution in [3.05, 3.63) is 11.6 Å². The number of hydrogen-bond donors (Lipinski definition) is 7. The number of ether oxygens (including phenoxy) is 2. The number of fused-ring (bicyclic) bond motifs is 5. The Morgan fingerprint density at radius 2 is 1.60 bits per heavy atom. The predicted octanol–water partition coefficient (Wildman–Crippen LogP) is 3.30. The van der Waals surface area contributed by atoms with E-state index >= 15 is 0 Å². The second-order valence-corrected chi connectivity index (χ2v) is 17.5. The number of aliphatic hydroxyl groups excluding tert-OH is 6. The summed E-state index contributed by atoms with van der Waals surface area (Å²) in [5.41, 5.74) is -1.21. The molecular formula is C36H62O9. The van der Waals surface area contributed by atoms with Gasteiger partial charge in [-0.15, -0.1) is 0 Å². The Morgan fingerprint density at radius 3 is 2.22 bits per heavy atom. The molecule has 0 spiro atoms. The van der Waals surface area contributed by atoms with Gasteiger partial charge in [0.15, 0.2) is 6.29 Å². The third-order valence-electron chi connectivity index (χ3n) is 14.4. The van der Waals surface area contributed by atoms with Crippen molar-refractivity contribution >= 4 is 0 Å². The molecule has 5 fully saturated rings. The minimum absolute atomic E-state index is 0.0548. The molecule has 5 aliphatic rings. The molecular weight excluding hydrogens is 576 g/mol. The SMILES string of the molecule is CC(C)=CCC[C@@](C)(O)[C@H]1CC[C@]2(C)C1[C@H](O)CC1[C@@]3(C)CC[C@H](O)C(C)(C)[C@@H]3[C@@H](O[C@@H]3O[C@H](CO)[C@@H](O)[C@H](O)[C@H]3O)C[C@]12C. The molecule has 1 heterocycles. The lowest BCUT2D eigenvalue weighted by Gasteiger charge is -2.72. The largest absolute Gasteiger partial charge is 0.394 e. The molecule has 9 nitrogen and oxygen atoms in total. The Morgan fingerprint density at radius 1 is 0.933 bits per heavy atom. The smallest absolute Gasteiger partial charge is 0.186 e. The Bertz CT molecular complexity index is 1100. The summed E-state index contributed by atoms with van der Waals surface area (Å²) >= 11 is 0. The molecule has 5 rings (SSSR count). The van der Waals surface area contributed by atoms with Crippen LogP contribution in [-0.2, 0) is 9.47 Å². The van der Waals surface area contributed by atoms with Gasteiger partial charge < -0.3 is 45.2 Å². The van der Waals surface area contributed by atoms with Crippen LogP contribution in [0.25, 0.3) is 0 Å². The first-order valence-corrected chi connectivity index (χ1v) is 17.4. The summed E-state index contributed by atoms with van der Waals surface area (Å²) in [6, 6.07) is 0. The molecule has 45 heavy (non-hydrogen) atoms. The molecule has 0 bridgehead atoms. The van der Waals surface area contributed by atoms with Crippen molar-refractivity contribution in [2.45, 2.75) is 161 Å². The molecule has 0 aromatic rings. The highest BCUT2D eigenvalue weighted by molar-refractivity contribution is 5.22.